The summed E-state index contributed by atoms with van der Waals surface area (Å²) in [5, 5.41) is 12.0. The Morgan fingerprint density at radius 2 is 2.19 bits per heavy atom. The molecule has 0 fully saturated rings. The van der Waals surface area contributed by atoms with Crippen molar-refractivity contribution in [3.63, 3.8) is 0 Å². The van der Waals surface area contributed by atoms with E-state index >= 15 is 0 Å². The maximum Gasteiger partial charge on any atom is 0.453 e. The van der Waals surface area contributed by atoms with Crippen LogP contribution in [-0.4, -0.2) is 25.8 Å². The van der Waals surface area contributed by atoms with Crippen molar-refractivity contribution in [1.29, 1.82) is 0 Å². The van der Waals surface area contributed by atoms with Gasteiger partial charge in [0.2, 0.25) is 0 Å². The normalized spacial score (nSPS) is 20.6. The zero-order chi connectivity index (χ0) is 11.9. The first-order valence-corrected chi connectivity index (χ1v) is 4.61. The molecule has 88 valence electrons. The summed E-state index contributed by atoms with van der Waals surface area (Å²) in [6, 6.07) is 0. The number of halogens is 3. The molecule has 5 nitrogen and oxygen atoms in total. The van der Waals surface area contributed by atoms with E-state index in [0.717, 1.165) is 4.68 Å². The van der Waals surface area contributed by atoms with Crippen LogP contribution in [0.2, 0.25) is 0 Å². The van der Waals surface area contributed by atoms with Crippen LogP contribution in [0.1, 0.15) is 18.1 Å². The average molecular weight is 235 g/mol. The molecule has 1 unspecified atom stereocenters. The van der Waals surface area contributed by atoms with Gasteiger partial charge in [0.25, 0.3) is 5.82 Å². The standard InChI is InChI=1S/C8H8F3N3O2/c9-8(10,11)7-12-5-2-1-4(6(15)16)3-14(5)13-7/h4H,1-3H2,(H,15,16). The van der Waals surface area contributed by atoms with Crippen LogP contribution in [0.5, 0.6) is 0 Å². The van der Waals surface area contributed by atoms with E-state index < -0.39 is 23.9 Å². The van der Waals surface area contributed by atoms with Gasteiger partial charge in [-0.3, -0.25) is 4.79 Å². The summed E-state index contributed by atoms with van der Waals surface area (Å²) < 4.78 is 37.9. The zero-order valence-corrected chi connectivity index (χ0v) is 8.03. The highest BCUT2D eigenvalue weighted by atomic mass is 19.4. The van der Waals surface area contributed by atoms with Crippen molar-refractivity contribution >= 4 is 5.97 Å². The summed E-state index contributed by atoms with van der Waals surface area (Å²) in [7, 11) is 0. The second-order valence-corrected chi connectivity index (χ2v) is 3.61. The molecule has 0 amide bonds. The third-order valence-electron chi connectivity index (χ3n) is 2.46. The lowest BCUT2D eigenvalue weighted by molar-refractivity contribution is -0.145. The smallest absolute Gasteiger partial charge is 0.453 e. The van der Waals surface area contributed by atoms with Crippen molar-refractivity contribution in [3.05, 3.63) is 11.6 Å². The molecule has 0 spiro atoms. The number of nitrogens with zero attached hydrogens (tertiary/aromatic N) is 3. The SMILES string of the molecule is O=C(O)C1CCc2nc(C(F)(F)F)nn2C1. The maximum absolute atomic E-state index is 12.3. The number of carboxylic acid groups (broad SMARTS) is 1. The van der Waals surface area contributed by atoms with E-state index in [1.54, 1.807) is 0 Å². The molecular formula is C8H8F3N3O2. The molecule has 8 heteroatoms. The largest absolute Gasteiger partial charge is 0.481 e. The maximum atomic E-state index is 12.3. The van der Waals surface area contributed by atoms with Gasteiger partial charge in [0.15, 0.2) is 0 Å². The Morgan fingerprint density at radius 3 is 2.75 bits per heavy atom. The van der Waals surface area contributed by atoms with Gasteiger partial charge in [-0.25, -0.2) is 9.67 Å². The molecule has 2 heterocycles. The van der Waals surface area contributed by atoms with Crippen molar-refractivity contribution in [1.82, 2.24) is 14.8 Å². The third kappa shape index (κ3) is 1.86. The summed E-state index contributed by atoms with van der Waals surface area (Å²) in [6.45, 7) is -0.0479. The van der Waals surface area contributed by atoms with Crippen molar-refractivity contribution in [2.24, 2.45) is 5.92 Å². The number of rotatable bonds is 1. The molecular weight excluding hydrogens is 227 g/mol. The van der Waals surface area contributed by atoms with E-state index in [2.05, 4.69) is 10.1 Å². The molecule has 16 heavy (non-hydrogen) atoms. The predicted octanol–water partition coefficient (Wildman–Crippen LogP) is 0.944. The molecule has 1 aromatic heterocycles. The summed E-state index contributed by atoms with van der Waals surface area (Å²) in [4.78, 5) is 14.0. The van der Waals surface area contributed by atoms with E-state index in [1.807, 2.05) is 0 Å². The van der Waals surface area contributed by atoms with E-state index in [4.69, 9.17) is 5.11 Å². The summed E-state index contributed by atoms with van der Waals surface area (Å²) in [5.41, 5.74) is 0. The molecule has 1 aliphatic heterocycles. The quantitative estimate of drug-likeness (QED) is 0.786. The highest BCUT2D eigenvalue weighted by molar-refractivity contribution is 5.70. The molecule has 0 saturated heterocycles. The molecule has 0 bridgehead atoms. The Labute approximate surface area is 87.9 Å². The van der Waals surface area contributed by atoms with Crippen LogP contribution in [0.4, 0.5) is 13.2 Å². The lowest BCUT2D eigenvalue weighted by atomic mass is 10.0. The van der Waals surface area contributed by atoms with Crippen molar-refractivity contribution < 1.29 is 23.1 Å². The molecule has 2 rings (SSSR count). The van der Waals surface area contributed by atoms with Gasteiger partial charge in [-0.15, -0.1) is 5.10 Å². The number of aromatic nitrogens is 3. The first-order chi connectivity index (χ1) is 7.38. The molecule has 1 aromatic rings. The molecule has 1 N–H and O–H groups in total. The van der Waals surface area contributed by atoms with Crippen LogP contribution in [0.15, 0.2) is 0 Å². The Kier molecular flexibility index (Phi) is 2.36. The van der Waals surface area contributed by atoms with Gasteiger partial charge in [-0.2, -0.15) is 13.2 Å². The topological polar surface area (TPSA) is 68.0 Å². The Bertz CT molecular complexity index is 427. The van der Waals surface area contributed by atoms with Gasteiger partial charge in [-0.1, -0.05) is 0 Å². The fourth-order valence-electron chi connectivity index (χ4n) is 1.63. The molecule has 0 aliphatic carbocycles. The number of aliphatic carboxylic acids is 1. The van der Waals surface area contributed by atoms with Crippen LogP contribution in [0.25, 0.3) is 0 Å². The highest BCUT2D eigenvalue weighted by Gasteiger charge is 2.38. The summed E-state index contributed by atoms with van der Waals surface area (Å²) in [5.74, 6) is -2.71. The molecule has 1 atom stereocenters. The summed E-state index contributed by atoms with van der Waals surface area (Å²) in [6.07, 6.45) is -4.07. The number of carbonyl (C=O) groups is 1. The zero-order valence-electron chi connectivity index (χ0n) is 8.03. The van der Waals surface area contributed by atoms with Crippen molar-refractivity contribution in [2.45, 2.75) is 25.6 Å². The molecule has 1 aliphatic rings. The van der Waals surface area contributed by atoms with Gasteiger partial charge < -0.3 is 5.11 Å². The monoisotopic (exact) mass is 235 g/mol. The average Bonchev–Trinajstić information content (AvgIpc) is 2.58. The van der Waals surface area contributed by atoms with Crippen LogP contribution in [-0.2, 0) is 23.9 Å². The fourth-order valence-corrected chi connectivity index (χ4v) is 1.63. The minimum absolute atomic E-state index is 0.0479. The second-order valence-electron chi connectivity index (χ2n) is 3.61. The van der Waals surface area contributed by atoms with Gasteiger partial charge in [0.05, 0.1) is 12.5 Å². The first kappa shape index (κ1) is 10.9. The number of alkyl halides is 3. The molecule has 0 saturated carbocycles. The Morgan fingerprint density at radius 1 is 1.50 bits per heavy atom. The first-order valence-electron chi connectivity index (χ1n) is 4.61. The predicted molar refractivity (Wildman–Crippen MR) is 44.5 cm³/mol. The van der Waals surface area contributed by atoms with Gasteiger partial charge in [-0.05, 0) is 6.42 Å². The van der Waals surface area contributed by atoms with E-state index in [-0.39, 0.29) is 18.8 Å². The van der Waals surface area contributed by atoms with Gasteiger partial charge >= 0.3 is 12.1 Å². The lowest BCUT2D eigenvalue weighted by Gasteiger charge is -2.18. The van der Waals surface area contributed by atoms with E-state index in [1.165, 1.54) is 0 Å². The minimum atomic E-state index is -4.58. The molecule has 0 aromatic carbocycles. The number of fused-ring (bicyclic) bond motifs is 1. The molecule has 0 radical (unpaired) electrons. The van der Waals surface area contributed by atoms with Crippen LogP contribution >= 0.6 is 0 Å². The number of aryl methyl sites for hydroxylation is 1. The minimum Gasteiger partial charge on any atom is -0.481 e. The van der Waals surface area contributed by atoms with E-state index in [0.29, 0.717) is 6.42 Å². The third-order valence-corrected chi connectivity index (χ3v) is 2.46. The van der Waals surface area contributed by atoms with Gasteiger partial charge in [0, 0.05) is 6.42 Å². The van der Waals surface area contributed by atoms with Crippen molar-refractivity contribution in [2.75, 3.05) is 0 Å². The summed E-state index contributed by atoms with van der Waals surface area (Å²) >= 11 is 0. The number of hydrogen-bond donors (Lipinski definition) is 1. The number of hydrogen-bond acceptors (Lipinski definition) is 3. The lowest BCUT2D eigenvalue weighted by Crippen LogP contribution is -2.27. The highest BCUT2D eigenvalue weighted by Crippen LogP contribution is 2.28. The van der Waals surface area contributed by atoms with Crippen LogP contribution in [0.3, 0.4) is 0 Å². The van der Waals surface area contributed by atoms with Crippen LogP contribution in [0, 0.1) is 5.92 Å². The second kappa shape index (κ2) is 3.46. The van der Waals surface area contributed by atoms with Gasteiger partial charge in [0.1, 0.15) is 5.82 Å². The Hall–Kier alpha value is -1.60. The number of carboxylic acids is 1. The fraction of sp³-hybridized carbons (Fsp3) is 0.625. The van der Waals surface area contributed by atoms with E-state index in [9.17, 15) is 18.0 Å². The van der Waals surface area contributed by atoms with Crippen LogP contribution < -0.4 is 0 Å². The van der Waals surface area contributed by atoms with Crippen molar-refractivity contribution in [3.8, 4) is 0 Å². The Balaban J connectivity index is 2.27.